The normalized spacial score (nSPS) is 10.2. The molecule has 2 rings (SSSR count). The van der Waals surface area contributed by atoms with Gasteiger partial charge in [0.2, 0.25) is 0 Å². The summed E-state index contributed by atoms with van der Waals surface area (Å²) in [5.74, 6) is 0.0834. The van der Waals surface area contributed by atoms with Gasteiger partial charge < -0.3 is 0 Å². The molecule has 1 heterocycles. The Labute approximate surface area is 92.6 Å². The molecule has 2 nitrogen and oxygen atoms in total. The van der Waals surface area contributed by atoms with Crippen LogP contribution in [-0.2, 0) is 6.42 Å². The van der Waals surface area contributed by atoms with E-state index in [2.05, 4.69) is 4.98 Å². The first-order chi connectivity index (χ1) is 7.25. The fourth-order valence-electron chi connectivity index (χ4n) is 1.33. The highest BCUT2D eigenvalue weighted by Gasteiger charge is 2.08. The SMILES string of the molecule is Cc1ccc(CC(=O)c2cscn2)cc1. The third kappa shape index (κ3) is 2.50. The Morgan fingerprint density at radius 1 is 1.33 bits per heavy atom. The fraction of sp³-hybridized carbons (Fsp3) is 0.167. The molecule has 0 atom stereocenters. The van der Waals surface area contributed by atoms with Crippen molar-refractivity contribution in [3.05, 3.63) is 52.0 Å². The summed E-state index contributed by atoms with van der Waals surface area (Å²) in [6.45, 7) is 2.03. The van der Waals surface area contributed by atoms with Gasteiger partial charge in [0.1, 0.15) is 5.69 Å². The monoisotopic (exact) mass is 217 g/mol. The molecule has 0 N–H and O–H groups in total. The van der Waals surface area contributed by atoms with E-state index >= 15 is 0 Å². The number of thiazole rings is 1. The number of rotatable bonds is 3. The van der Waals surface area contributed by atoms with Crippen LogP contribution in [0.2, 0.25) is 0 Å². The second-order valence-electron chi connectivity index (χ2n) is 3.46. The summed E-state index contributed by atoms with van der Waals surface area (Å²) >= 11 is 1.45. The number of carbonyl (C=O) groups excluding carboxylic acids is 1. The fourth-order valence-corrected chi connectivity index (χ4v) is 1.89. The molecule has 1 aromatic heterocycles. The zero-order chi connectivity index (χ0) is 10.7. The van der Waals surface area contributed by atoms with Gasteiger partial charge in [-0.1, -0.05) is 29.8 Å². The highest BCUT2D eigenvalue weighted by molar-refractivity contribution is 7.07. The molecule has 0 bridgehead atoms. The number of ketones is 1. The smallest absolute Gasteiger partial charge is 0.186 e. The van der Waals surface area contributed by atoms with Crippen LogP contribution in [0.25, 0.3) is 0 Å². The molecule has 3 heteroatoms. The number of aromatic nitrogens is 1. The lowest BCUT2D eigenvalue weighted by molar-refractivity contribution is 0.0989. The van der Waals surface area contributed by atoms with E-state index in [0.29, 0.717) is 12.1 Å². The van der Waals surface area contributed by atoms with E-state index in [9.17, 15) is 4.79 Å². The largest absolute Gasteiger partial charge is 0.292 e. The van der Waals surface area contributed by atoms with E-state index in [1.807, 2.05) is 31.2 Å². The van der Waals surface area contributed by atoms with Crippen molar-refractivity contribution >= 4 is 17.1 Å². The molecule has 2 aromatic rings. The van der Waals surface area contributed by atoms with E-state index < -0.39 is 0 Å². The Balaban J connectivity index is 2.09. The van der Waals surface area contributed by atoms with Crippen molar-refractivity contribution in [2.24, 2.45) is 0 Å². The van der Waals surface area contributed by atoms with Gasteiger partial charge in [-0.05, 0) is 12.5 Å². The van der Waals surface area contributed by atoms with Gasteiger partial charge in [0.15, 0.2) is 5.78 Å². The van der Waals surface area contributed by atoms with Crippen molar-refractivity contribution in [3.63, 3.8) is 0 Å². The molecule has 0 spiro atoms. The Morgan fingerprint density at radius 3 is 2.67 bits per heavy atom. The summed E-state index contributed by atoms with van der Waals surface area (Å²) in [6.07, 6.45) is 0.435. The number of hydrogen-bond acceptors (Lipinski definition) is 3. The lowest BCUT2D eigenvalue weighted by Crippen LogP contribution is -2.03. The van der Waals surface area contributed by atoms with Gasteiger partial charge in [-0.3, -0.25) is 4.79 Å². The molecule has 1 aromatic carbocycles. The summed E-state index contributed by atoms with van der Waals surface area (Å²) in [4.78, 5) is 15.7. The lowest BCUT2D eigenvalue weighted by atomic mass is 10.1. The average Bonchev–Trinajstić information content (AvgIpc) is 2.74. The third-order valence-corrected chi connectivity index (χ3v) is 2.79. The van der Waals surface area contributed by atoms with Crippen LogP contribution in [0.5, 0.6) is 0 Å². The van der Waals surface area contributed by atoms with E-state index in [0.717, 1.165) is 5.56 Å². The number of nitrogens with zero attached hydrogens (tertiary/aromatic N) is 1. The first-order valence-electron chi connectivity index (χ1n) is 4.72. The van der Waals surface area contributed by atoms with E-state index in [1.165, 1.54) is 16.9 Å². The summed E-state index contributed by atoms with van der Waals surface area (Å²) in [5.41, 5.74) is 4.50. The lowest BCUT2D eigenvalue weighted by Gasteiger charge is -1.99. The quantitative estimate of drug-likeness (QED) is 0.740. The van der Waals surface area contributed by atoms with Crippen LogP contribution >= 0.6 is 11.3 Å². The van der Waals surface area contributed by atoms with Crippen LogP contribution in [0.4, 0.5) is 0 Å². The molecule has 0 saturated heterocycles. The molecular weight excluding hydrogens is 206 g/mol. The number of carbonyl (C=O) groups is 1. The van der Waals surface area contributed by atoms with Gasteiger partial charge in [-0.15, -0.1) is 11.3 Å². The Hall–Kier alpha value is -1.48. The molecule has 0 fully saturated rings. The zero-order valence-corrected chi connectivity index (χ0v) is 9.25. The maximum absolute atomic E-state index is 11.7. The van der Waals surface area contributed by atoms with Crippen LogP contribution in [0, 0.1) is 6.92 Å². The van der Waals surface area contributed by atoms with Crippen molar-refractivity contribution in [1.82, 2.24) is 4.98 Å². The van der Waals surface area contributed by atoms with Crippen molar-refractivity contribution in [2.45, 2.75) is 13.3 Å². The van der Waals surface area contributed by atoms with Crippen LogP contribution in [0.15, 0.2) is 35.2 Å². The molecule has 0 amide bonds. The number of aryl methyl sites for hydroxylation is 1. The summed E-state index contributed by atoms with van der Waals surface area (Å²) in [6, 6.07) is 8.01. The molecule has 0 aliphatic carbocycles. The average molecular weight is 217 g/mol. The van der Waals surface area contributed by atoms with Crippen LogP contribution in [-0.4, -0.2) is 10.8 Å². The maximum Gasteiger partial charge on any atom is 0.186 e. The van der Waals surface area contributed by atoms with Crippen LogP contribution < -0.4 is 0 Å². The molecule has 0 unspecified atom stereocenters. The topological polar surface area (TPSA) is 30.0 Å². The number of hydrogen-bond donors (Lipinski definition) is 0. The minimum Gasteiger partial charge on any atom is -0.292 e. The minimum atomic E-state index is 0.0834. The summed E-state index contributed by atoms with van der Waals surface area (Å²) < 4.78 is 0. The van der Waals surface area contributed by atoms with Gasteiger partial charge in [0.25, 0.3) is 0 Å². The van der Waals surface area contributed by atoms with Crippen molar-refractivity contribution in [1.29, 1.82) is 0 Å². The molecule has 0 radical (unpaired) electrons. The molecule has 76 valence electrons. The van der Waals surface area contributed by atoms with Gasteiger partial charge in [-0.25, -0.2) is 4.98 Å². The number of Topliss-reactive ketones (excluding diaryl/α,β-unsaturated/α-hetero) is 1. The van der Waals surface area contributed by atoms with Crippen molar-refractivity contribution in [2.75, 3.05) is 0 Å². The Morgan fingerprint density at radius 2 is 2.07 bits per heavy atom. The van der Waals surface area contributed by atoms with E-state index in [1.54, 1.807) is 10.9 Å². The highest BCUT2D eigenvalue weighted by atomic mass is 32.1. The first kappa shape index (κ1) is 10.1. The van der Waals surface area contributed by atoms with Gasteiger partial charge in [0.05, 0.1) is 5.51 Å². The van der Waals surface area contributed by atoms with Gasteiger partial charge >= 0.3 is 0 Å². The highest BCUT2D eigenvalue weighted by Crippen LogP contribution is 2.09. The molecule has 0 aliphatic heterocycles. The summed E-state index contributed by atoms with van der Waals surface area (Å²) in [7, 11) is 0. The Bertz CT molecular complexity index is 445. The van der Waals surface area contributed by atoms with Crippen LogP contribution in [0.3, 0.4) is 0 Å². The standard InChI is InChI=1S/C12H11NOS/c1-9-2-4-10(5-3-9)6-12(14)11-7-15-8-13-11/h2-5,7-8H,6H2,1H3. The predicted molar refractivity (Wildman–Crippen MR) is 61.3 cm³/mol. The number of benzene rings is 1. The minimum absolute atomic E-state index is 0.0834. The first-order valence-corrected chi connectivity index (χ1v) is 5.67. The summed E-state index contributed by atoms with van der Waals surface area (Å²) in [5, 5.41) is 1.79. The zero-order valence-electron chi connectivity index (χ0n) is 8.43. The van der Waals surface area contributed by atoms with Gasteiger partial charge in [-0.2, -0.15) is 0 Å². The van der Waals surface area contributed by atoms with E-state index in [4.69, 9.17) is 0 Å². The second-order valence-corrected chi connectivity index (χ2v) is 4.18. The molecule has 0 saturated carbocycles. The molecule has 0 aliphatic rings. The van der Waals surface area contributed by atoms with Crippen molar-refractivity contribution in [3.8, 4) is 0 Å². The Kier molecular flexibility index (Phi) is 2.92. The van der Waals surface area contributed by atoms with Crippen molar-refractivity contribution < 1.29 is 4.79 Å². The predicted octanol–water partition coefficient (Wildman–Crippen LogP) is 2.88. The third-order valence-electron chi connectivity index (χ3n) is 2.20. The maximum atomic E-state index is 11.7. The van der Waals surface area contributed by atoms with E-state index in [-0.39, 0.29) is 5.78 Å². The van der Waals surface area contributed by atoms with Gasteiger partial charge in [0, 0.05) is 11.8 Å². The van der Waals surface area contributed by atoms with Crippen LogP contribution in [0.1, 0.15) is 21.6 Å². The molecule has 15 heavy (non-hydrogen) atoms. The second kappa shape index (κ2) is 4.36. The molecular formula is C12H11NOS.